The highest BCUT2D eigenvalue weighted by Crippen LogP contribution is 2.48. The van der Waals surface area contributed by atoms with Gasteiger partial charge in [-0.2, -0.15) is 31.6 Å². The fourth-order valence-corrected chi connectivity index (χ4v) is 6.23. The number of alkyl carbamates (subject to hydrolysis) is 1. The zero-order chi connectivity index (χ0) is 29.7. The minimum atomic E-state index is -5.31. The molecule has 2 atom stereocenters. The molecule has 1 heterocycles. The number of nitriles is 1. The van der Waals surface area contributed by atoms with Gasteiger partial charge in [0.15, 0.2) is 22.7 Å². The highest BCUT2D eigenvalue weighted by Gasteiger charge is 2.56. The molecule has 3 aliphatic rings. The van der Waals surface area contributed by atoms with Crippen molar-refractivity contribution in [2.45, 2.75) is 66.4 Å². The molecule has 0 radical (unpaired) electrons. The minimum Gasteiger partial charge on any atom is -0.484 e. The van der Waals surface area contributed by atoms with Gasteiger partial charge >= 0.3 is 18.4 Å². The first kappa shape index (κ1) is 29.7. The quantitative estimate of drug-likeness (QED) is 0.434. The number of amides is 2. The summed E-state index contributed by atoms with van der Waals surface area (Å²) in [6.07, 6.45) is -12.3. The van der Waals surface area contributed by atoms with Crippen LogP contribution in [0.3, 0.4) is 0 Å². The third-order valence-electron chi connectivity index (χ3n) is 7.04. The largest absolute Gasteiger partial charge is 0.484 e. The molecule has 10 nitrogen and oxygen atoms in total. The predicted molar refractivity (Wildman–Crippen MR) is 120 cm³/mol. The summed E-state index contributed by atoms with van der Waals surface area (Å²) in [5.74, 6) is -1.62. The van der Waals surface area contributed by atoms with E-state index in [2.05, 4.69) is 10.1 Å². The monoisotopic (exact) mass is 599 g/mol. The number of hydrogen-bond donors (Lipinski definition) is 2. The standard InChI is InChI=1S/C23H23F6N3O7S/c24-22(25,26)12-38-13-1-2-16(15(7-13)23(27,28)29)40(36,37)14-8-17(39-19(35)31-21(10-30)5-6-21)32(9-14)18(34)20(11-33)3-4-20/h1-2,7,14,17,33H,3-6,8-9,11-12H2,(H,31,35)/t14-,17+/m1/s1. The van der Waals surface area contributed by atoms with Crippen molar-refractivity contribution < 1.29 is 58.9 Å². The van der Waals surface area contributed by atoms with E-state index in [0.29, 0.717) is 25.0 Å². The van der Waals surface area contributed by atoms with E-state index in [4.69, 9.17) is 10.00 Å². The number of carbonyl (C=O) groups is 2. The van der Waals surface area contributed by atoms with Crippen LogP contribution in [0.5, 0.6) is 5.75 Å². The van der Waals surface area contributed by atoms with Crippen molar-refractivity contribution in [1.82, 2.24) is 10.2 Å². The smallest absolute Gasteiger partial charge is 0.422 e. The molecular formula is C23H23F6N3O7S. The summed E-state index contributed by atoms with van der Waals surface area (Å²) in [6, 6.07) is 3.14. The molecule has 0 bridgehead atoms. The number of nitrogens with one attached hydrogen (secondary N) is 1. The molecule has 2 N–H and O–H groups in total. The Morgan fingerprint density at radius 3 is 2.30 bits per heavy atom. The number of benzene rings is 1. The molecule has 1 aromatic carbocycles. The Morgan fingerprint density at radius 2 is 1.80 bits per heavy atom. The van der Waals surface area contributed by atoms with Crippen molar-refractivity contribution in [3.05, 3.63) is 23.8 Å². The van der Waals surface area contributed by atoms with Gasteiger partial charge in [0.2, 0.25) is 5.91 Å². The Hall–Kier alpha value is -3.26. The third kappa shape index (κ3) is 6.07. The number of nitrogens with zero attached hydrogens (tertiary/aromatic N) is 2. The molecule has 1 aliphatic heterocycles. The van der Waals surface area contributed by atoms with Gasteiger partial charge in [-0.05, 0) is 43.9 Å². The molecule has 17 heteroatoms. The van der Waals surface area contributed by atoms with Gasteiger partial charge in [0.1, 0.15) is 11.3 Å². The number of sulfone groups is 1. The Morgan fingerprint density at radius 1 is 1.15 bits per heavy atom. The molecule has 40 heavy (non-hydrogen) atoms. The van der Waals surface area contributed by atoms with Crippen LogP contribution < -0.4 is 10.1 Å². The fraction of sp³-hybridized carbons (Fsp3) is 0.609. The summed E-state index contributed by atoms with van der Waals surface area (Å²) in [6.45, 7) is -3.18. The maximum atomic E-state index is 13.8. The first-order chi connectivity index (χ1) is 18.5. The third-order valence-corrected chi connectivity index (χ3v) is 9.22. The van der Waals surface area contributed by atoms with Crippen LogP contribution >= 0.6 is 0 Å². The van der Waals surface area contributed by atoms with Crippen molar-refractivity contribution >= 4 is 21.8 Å². The first-order valence-electron chi connectivity index (χ1n) is 11.9. The summed E-state index contributed by atoms with van der Waals surface area (Å²) < 4.78 is 115. The van der Waals surface area contributed by atoms with E-state index in [1.807, 2.05) is 6.07 Å². The summed E-state index contributed by atoms with van der Waals surface area (Å²) in [7, 11) is -4.93. The van der Waals surface area contributed by atoms with E-state index in [-0.39, 0.29) is 18.9 Å². The van der Waals surface area contributed by atoms with Gasteiger partial charge < -0.3 is 24.8 Å². The van der Waals surface area contributed by atoms with Crippen molar-refractivity contribution in [2.24, 2.45) is 5.41 Å². The van der Waals surface area contributed by atoms with Gasteiger partial charge in [-0.25, -0.2) is 13.2 Å². The van der Waals surface area contributed by atoms with Crippen molar-refractivity contribution in [1.29, 1.82) is 5.26 Å². The first-order valence-corrected chi connectivity index (χ1v) is 13.5. The number of rotatable bonds is 8. The van der Waals surface area contributed by atoms with Crippen molar-refractivity contribution in [3.63, 3.8) is 0 Å². The van der Waals surface area contributed by atoms with Crippen LogP contribution in [0.4, 0.5) is 31.1 Å². The second-order valence-electron chi connectivity index (χ2n) is 10.0. The number of aliphatic hydroxyl groups is 1. The van der Waals surface area contributed by atoms with Crippen LogP contribution in [0, 0.1) is 16.7 Å². The minimum absolute atomic E-state index is 0.139. The number of alkyl halides is 6. The zero-order valence-electron chi connectivity index (χ0n) is 20.5. The highest BCUT2D eigenvalue weighted by molar-refractivity contribution is 7.92. The van der Waals surface area contributed by atoms with Gasteiger partial charge in [0.05, 0.1) is 33.8 Å². The lowest BCUT2D eigenvalue weighted by atomic mass is 10.1. The van der Waals surface area contributed by atoms with Crippen LogP contribution in [-0.4, -0.2) is 73.4 Å². The SMILES string of the molecule is N#CC1(NC(=O)O[C@H]2C[C@@H](S(=O)(=O)c3ccc(OCC(F)(F)F)cc3C(F)(F)F)CN2C(=O)C2(CO)CC2)CC1. The number of carbonyl (C=O) groups excluding carboxylic acids is 2. The van der Waals surface area contributed by atoms with E-state index in [9.17, 15) is 49.5 Å². The van der Waals surface area contributed by atoms with E-state index in [1.54, 1.807) is 0 Å². The lowest BCUT2D eigenvalue weighted by Gasteiger charge is -2.28. The van der Waals surface area contributed by atoms with Crippen LogP contribution in [0.25, 0.3) is 0 Å². The van der Waals surface area contributed by atoms with Gasteiger partial charge in [-0.15, -0.1) is 0 Å². The maximum absolute atomic E-state index is 13.8. The van der Waals surface area contributed by atoms with Crippen molar-refractivity contribution in [2.75, 3.05) is 19.8 Å². The van der Waals surface area contributed by atoms with Crippen molar-refractivity contribution in [3.8, 4) is 11.8 Å². The van der Waals surface area contributed by atoms with Gasteiger partial charge in [-0.3, -0.25) is 4.79 Å². The molecule has 0 spiro atoms. The molecule has 4 rings (SSSR count). The molecule has 2 amide bonds. The van der Waals surface area contributed by atoms with Gasteiger partial charge in [0, 0.05) is 13.0 Å². The van der Waals surface area contributed by atoms with Crippen LogP contribution in [0.2, 0.25) is 0 Å². The van der Waals surface area contributed by atoms with Crippen LogP contribution in [0.1, 0.15) is 37.7 Å². The molecular weight excluding hydrogens is 576 g/mol. The Bertz CT molecular complexity index is 1330. The number of hydrogen-bond acceptors (Lipinski definition) is 8. The van der Waals surface area contributed by atoms with E-state index in [0.717, 1.165) is 4.90 Å². The second-order valence-corrected chi connectivity index (χ2v) is 12.2. The number of halogens is 6. The van der Waals surface area contributed by atoms with E-state index in [1.165, 1.54) is 0 Å². The normalized spacial score (nSPS) is 23.2. The summed E-state index contributed by atoms with van der Waals surface area (Å²) >= 11 is 0. The van der Waals surface area contributed by atoms with E-state index < -0.39 is 99.0 Å². The maximum Gasteiger partial charge on any atom is 0.422 e. The summed E-state index contributed by atoms with van der Waals surface area (Å²) in [4.78, 5) is 25.2. The van der Waals surface area contributed by atoms with Crippen LogP contribution in [-0.2, 0) is 25.5 Å². The van der Waals surface area contributed by atoms with E-state index >= 15 is 0 Å². The molecule has 2 saturated carbocycles. The molecule has 0 unspecified atom stereocenters. The fourth-order valence-electron chi connectivity index (χ4n) is 4.36. The molecule has 2 aliphatic carbocycles. The van der Waals surface area contributed by atoms with Crippen LogP contribution in [0.15, 0.2) is 23.1 Å². The highest BCUT2D eigenvalue weighted by atomic mass is 32.2. The average Bonchev–Trinajstić information content (AvgIpc) is 3.78. The lowest BCUT2D eigenvalue weighted by molar-refractivity contribution is -0.153. The molecule has 1 aromatic rings. The molecule has 0 aromatic heterocycles. The zero-order valence-corrected chi connectivity index (χ0v) is 21.3. The predicted octanol–water partition coefficient (Wildman–Crippen LogP) is 2.90. The Balaban J connectivity index is 1.63. The molecule has 1 saturated heterocycles. The van der Waals surface area contributed by atoms with Gasteiger partial charge in [0.25, 0.3) is 0 Å². The lowest BCUT2D eigenvalue weighted by Crippen LogP contribution is -2.46. The number of aliphatic hydroxyl groups excluding tert-OH is 1. The average molecular weight is 600 g/mol. The second kappa shape index (κ2) is 9.98. The summed E-state index contributed by atoms with van der Waals surface area (Å²) in [5.41, 5.74) is -4.18. The molecule has 3 fully saturated rings. The Kier molecular flexibility index (Phi) is 7.41. The summed E-state index contributed by atoms with van der Waals surface area (Å²) in [5, 5.41) is 19.4. The number of ether oxygens (including phenoxy) is 2. The number of likely N-dealkylation sites (tertiary alicyclic amines) is 1. The van der Waals surface area contributed by atoms with Gasteiger partial charge in [-0.1, -0.05) is 0 Å². The Labute approximate surface area is 223 Å². The topological polar surface area (TPSA) is 146 Å². The molecule has 220 valence electrons.